The van der Waals surface area contributed by atoms with Gasteiger partial charge in [0.15, 0.2) is 29.6 Å². The van der Waals surface area contributed by atoms with Crippen molar-refractivity contribution >= 4 is 5.91 Å². The molecule has 134 valence electrons. The first kappa shape index (κ1) is 18.4. The van der Waals surface area contributed by atoms with Crippen molar-refractivity contribution in [2.75, 3.05) is 33.5 Å². The number of amides is 1. The molecule has 2 rings (SSSR count). The van der Waals surface area contributed by atoms with Crippen LogP contribution in [0.4, 0.5) is 0 Å². The van der Waals surface area contributed by atoms with Crippen LogP contribution < -0.4 is 24.3 Å². The Bertz CT molecular complexity index is 674. The van der Waals surface area contributed by atoms with E-state index in [-0.39, 0.29) is 12.5 Å². The van der Waals surface area contributed by atoms with Gasteiger partial charge in [-0.1, -0.05) is 24.3 Å². The van der Waals surface area contributed by atoms with E-state index in [1.807, 2.05) is 43.3 Å². The topological polar surface area (TPSA) is 66.0 Å². The van der Waals surface area contributed by atoms with E-state index in [1.165, 1.54) is 0 Å². The van der Waals surface area contributed by atoms with Gasteiger partial charge in [0.1, 0.15) is 6.61 Å². The van der Waals surface area contributed by atoms with Crippen LogP contribution in [0.25, 0.3) is 0 Å². The van der Waals surface area contributed by atoms with Crippen LogP contribution >= 0.6 is 0 Å². The molecule has 0 aliphatic rings. The van der Waals surface area contributed by atoms with Crippen molar-refractivity contribution in [3.63, 3.8) is 0 Å². The zero-order valence-electron chi connectivity index (χ0n) is 14.5. The summed E-state index contributed by atoms with van der Waals surface area (Å²) in [6, 6.07) is 14.6. The summed E-state index contributed by atoms with van der Waals surface area (Å²) >= 11 is 0. The second kappa shape index (κ2) is 10.1. The van der Waals surface area contributed by atoms with Crippen LogP contribution in [0.1, 0.15) is 6.92 Å². The largest absolute Gasteiger partial charge is 0.493 e. The lowest BCUT2D eigenvalue weighted by Gasteiger charge is -2.12. The van der Waals surface area contributed by atoms with Gasteiger partial charge in [0.05, 0.1) is 20.3 Å². The standard InChI is InChI=1S/C19H23NO5/c1-3-23-17-10-6-7-11-18(17)25-14-19(21)20-12-13-24-16-9-5-4-8-15(16)22-2/h4-11H,3,12-14H2,1-2H3,(H,20,21). The van der Waals surface area contributed by atoms with Crippen molar-refractivity contribution in [1.29, 1.82) is 0 Å². The SMILES string of the molecule is CCOc1ccccc1OCC(=O)NCCOc1ccccc1OC. The Hall–Kier alpha value is -2.89. The van der Waals surface area contributed by atoms with Crippen LogP contribution in [0.3, 0.4) is 0 Å². The summed E-state index contributed by atoms with van der Waals surface area (Å²) in [5, 5.41) is 2.74. The maximum atomic E-state index is 11.9. The van der Waals surface area contributed by atoms with Crippen LogP contribution in [0, 0.1) is 0 Å². The zero-order chi connectivity index (χ0) is 17.9. The Labute approximate surface area is 147 Å². The van der Waals surface area contributed by atoms with Crippen LogP contribution in [0.2, 0.25) is 0 Å². The van der Waals surface area contributed by atoms with E-state index < -0.39 is 0 Å². The summed E-state index contributed by atoms with van der Waals surface area (Å²) in [5.74, 6) is 2.24. The Morgan fingerprint density at radius 2 is 1.44 bits per heavy atom. The second-order valence-electron chi connectivity index (χ2n) is 5.02. The Kier molecular flexibility index (Phi) is 7.43. The van der Waals surface area contributed by atoms with Gasteiger partial charge in [-0.25, -0.2) is 0 Å². The molecular weight excluding hydrogens is 322 g/mol. The Morgan fingerprint density at radius 1 is 0.880 bits per heavy atom. The smallest absolute Gasteiger partial charge is 0.258 e. The number of benzene rings is 2. The highest BCUT2D eigenvalue weighted by Gasteiger charge is 2.07. The molecule has 0 radical (unpaired) electrons. The molecule has 0 spiro atoms. The number of nitrogens with one attached hydrogen (secondary N) is 1. The van der Waals surface area contributed by atoms with Gasteiger partial charge in [0.2, 0.25) is 0 Å². The molecule has 0 saturated carbocycles. The fourth-order valence-electron chi connectivity index (χ4n) is 2.13. The normalized spacial score (nSPS) is 10.0. The van der Waals surface area contributed by atoms with Gasteiger partial charge in [-0.15, -0.1) is 0 Å². The van der Waals surface area contributed by atoms with E-state index in [4.69, 9.17) is 18.9 Å². The van der Waals surface area contributed by atoms with E-state index in [1.54, 1.807) is 19.2 Å². The molecule has 0 unspecified atom stereocenters. The number of carbonyl (C=O) groups is 1. The van der Waals surface area contributed by atoms with Crippen molar-refractivity contribution < 1.29 is 23.7 Å². The summed E-state index contributed by atoms with van der Waals surface area (Å²) in [4.78, 5) is 11.9. The molecule has 6 nitrogen and oxygen atoms in total. The summed E-state index contributed by atoms with van der Waals surface area (Å²) in [7, 11) is 1.58. The third kappa shape index (κ3) is 5.91. The number of ether oxygens (including phenoxy) is 4. The predicted octanol–water partition coefficient (Wildman–Crippen LogP) is 2.67. The van der Waals surface area contributed by atoms with E-state index >= 15 is 0 Å². The molecule has 0 aliphatic carbocycles. The van der Waals surface area contributed by atoms with Crippen LogP contribution in [0.5, 0.6) is 23.0 Å². The summed E-state index contributed by atoms with van der Waals surface area (Å²) in [6.45, 7) is 3.05. The summed E-state index contributed by atoms with van der Waals surface area (Å²) in [6.07, 6.45) is 0. The van der Waals surface area contributed by atoms with Crippen molar-refractivity contribution in [3.8, 4) is 23.0 Å². The molecule has 0 aromatic heterocycles. The van der Waals surface area contributed by atoms with Crippen molar-refractivity contribution in [3.05, 3.63) is 48.5 Å². The molecule has 2 aromatic carbocycles. The van der Waals surface area contributed by atoms with Gasteiger partial charge < -0.3 is 24.3 Å². The Balaban J connectivity index is 1.71. The maximum Gasteiger partial charge on any atom is 0.258 e. The van der Waals surface area contributed by atoms with Gasteiger partial charge in [-0.3, -0.25) is 4.79 Å². The molecule has 1 amide bonds. The molecule has 6 heteroatoms. The van der Waals surface area contributed by atoms with Gasteiger partial charge in [-0.05, 0) is 31.2 Å². The summed E-state index contributed by atoms with van der Waals surface area (Å²) < 4.78 is 21.7. The third-order valence-electron chi connectivity index (χ3n) is 3.26. The summed E-state index contributed by atoms with van der Waals surface area (Å²) in [5.41, 5.74) is 0. The molecule has 0 aliphatic heterocycles. The first-order chi connectivity index (χ1) is 12.2. The monoisotopic (exact) mass is 345 g/mol. The number of carbonyl (C=O) groups excluding carboxylic acids is 1. The average molecular weight is 345 g/mol. The number of methoxy groups -OCH3 is 1. The molecule has 0 saturated heterocycles. The van der Waals surface area contributed by atoms with E-state index in [9.17, 15) is 4.79 Å². The van der Waals surface area contributed by atoms with Crippen LogP contribution in [-0.2, 0) is 4.79 Å². The van der Waals surface area contributed by atoms with E-state index in [0.717, 1.165) is 0 Å². The first-order valence-corrected chi connectivity index (χ1v) is 8.11. The second-order valence-corrected chi connectivity index (χ2v) is 5.02. The molecular formula is C19H23NO5. The third-order valence-corrected chi connectivity index (χ3v) is 3.26. The van der Waals surface area contributed by atoms with Crippen LogP contribution in [0.15, 0.2) is 48.5 Å². The highest BCUT2D eigenvalue weighted by molar-refractivity contribution is 5.77. The predicted molar refractivity (Wildman–Crippen MR) is 94.6 cm³/mol. The minimum atomic E-state index is -0.227. The molecule has 0 fully saturated rings. The fourth-order valence-corrected chi connectivity index (χ4v) is 2.13. The molecule has 1 N–H and O–H groups in total. The van der Waals surface area contributed by atoms with Crippen LogP contribution in [-0.4, -0.2) is 39.4 Å². The fraction of sp³-hybridized carbons (Fsp3) is 0.316. The number of hydrogen-bond donors (Lipinski definition) is 1. The average Bonchev–Trinajstić information content (AvgIpc) is 2.65. The molecule has 2 aromatic rings. The van der Waals surface area contributed by atoms with Gasteiger partial charge in [-0.2, -0.15) is 0 Å². The molecule has 0 heterocycles. The lowest BCUT2D eigenvalue weighted by Crippen LogP contribution is -2.32. The van der Waals surface area contributed by atoms with Gasteiger partial charge >= 0.3 is 0 Å². The Morgan fingerprint density at radius 3 is 2.04 bits per heavy atom. The van der Waals surface area contributed by atoms with Crippen molar-refractivity contribution in [1.82, 2.24) is 5.32 Å². The lowest BCUT2D eigenvalue weighted by atomic mass is 10.3. The minimum Gasteiger partial charge on any atom is -0.493 e. The number of rotatable bonds is 10. The number of para-hydroxylation sites is 4. The van der Waals surface area contributed by atoms with Crippen molar-refractivity contribution in [2.45, 2.75) is 6.92 Å². The maximum absolute atomic E-state index is 11.9. The first-order valence-electron chi connectivity index (χ1n) is 8.11. The van der Waals surface area contributed by atoms with E-state index in [2.05, 4.69) is 5.32 Å². The molecule has 25 heavy (non-hydrogen) atoms. The lowest BCUT2D eigenvalue weighted by molar-refractivity contribution is -0.123. The highest BCUT2D eigenvalue weighted by atomic mass is 16.5. The molecule has 0 atom stereocenters. The van der Waals surface area contributed by atoms with Gasteiger partial charge in [0.25, 0.3) is 5.91 Å². The van der Waals surface area contributed by atoms with E-state index in [0.29, 0.717) is 42.8 Å². The quantitative estimate of drug-likeness (QED) is 0.671. The van der Waals surface area contributed by atoms with Gasteiger partial charge in [0, 0.05) is 0 Å². The number of hydrogen-bond acceptors (Lipinski definition) is 5. The van der Waals surface area contributed by atoms with Crippen molar-refractivity contribution in [2.24, 2.45) is 0 Å². The zero-order valence-corrected chi connectivity index (χ0v) is 14.5. The minimum absolute atomic E-state index is 0.0846. The molecule has 0 bridgehead atoms. The highest BCUT2D eigenvalue weighted by Crippen LogP contribution is 2.26.